The fourth-order valence-electron chi connectivity index (χ4n) is 4.82. The van der Waals surface area contributed by atoms with Crippen LogP contribution < -0.4 is 16.2 Å². The van der Waals surface area contributed by atoms with E-state index in [0.717, 1.165) is 0 Å². The van der Waals surface area contributed by atoms with Gasteiger partial charge in [0, 0.05) is 30.0 Å². The SMILES string of the molecule is Cc1nn2cccnc2c1C(=O)N[C@@H](C)c1cc2cccc(NC(=O)c3cn[nH]c3)c2c(=O)n1-c1ccccc1. The van der Waals surface area contributed by atoms with E-state index in [4.69, 9.17) is 0 Å². The number of rotatable bonds is 6. The van der Waals surface area contributed by atoms with Gasteiger partial charge >= 0.3 is 0 Å². The van der Waals surface area contributed by atoms with E-state index >= 15 is 0 Å². The fourth-order valence-corrected chi connectivity index (χ4v) is 4.82. The second-order valence-electron chi connectivity index (χ2n) is 9.30. The molecule has 0 saturated carbocycles. The molecule has 0 spiro atoms. The maximum atomic E-state index is 14.1. The summed E-state index contributed by atoms with van der Waals surface area (Å²) in [6.45, 7) is 3.57. The molecule has 3 N–H and O–H groups in total. The van der Waals surface area contributed by atoms with E-state index in [2.05, 4.69) is 30.9 Å². The molecule has 4 heterocycles. The maximum absolute atomic E-state index is 14.1. The van der Waals surface area contributed by atoms with Crippen molar-refractivity contribution in [1.29, 1.82) is 0 Å². The third-order valence-electron chi connectivity index (χ3n) is 6.69. The predicted molar refractivity (Wildman–Crippen MR) is 150 cm³/mol. The van der Waals surface area contributed by atoms with Gasteiger partial charge in [-0.3, -0.25) is 24.0 Å². The minimum atomic E-state index is -0.577. The van der Waals surface area contributed by atoms with E-state index in [1.54, 1.807) is 52.7 Å². The molecule has 0 radical (unpaired) electrons. The predicted octanol–water partition coefficient (Wildman–Crippen LogP) is 3.81. The van der Waals surface area contributed by atoms with Crippen molar-refractivity contribution in [1.82, 2.24) is 34.7 Å². The Labute approximate surface area is 227 Å². The van der Waals surface area contributed by atoms with E-state index < -0.39 is 11.9 Å². The van der Waals surface area contributed by atoms with Crippen LogP contribution in [0.5, 0.6) is 0 Å². The summed E-state index contributed by atoms with van der Waals surface area (Å²) in [5, 5.41) is 17.6. The fraction of sp³-hybridized carbons (Fsp3) is 0.103. The first kappa shape index (κ1) is 24.7. The quantitative estimate of drug-likeness (QED) is 0.298. The molecule has 6 rings (SSSR count). The smallest absolute Gasteiger partial charge is 0.265 e. The summed E-state index contributed by atoms with van der Waals surface area (Å²) in [7, 11) is 0. The highest BCUT2D eigenvalue weighted by molar-refractivity contribution is 6.09. The molecule has 2 aromatic carbocycles. The van der Waals surface area contributed by atoms with Crippen LogP contribution in [0.4, 0.5) is 5.69 Å². The Morgan fingerprint density at radius 3 is 2.62 bits per heavy atom. The highest BCUT2D eigenvalue weighted by Crippen LogP contribution is 2.26. The lowest BCUT2D eigenvalue weighted by Gasteiger charge is -2.21. The molecule has 6 aromatic rings. The Kier molecular flexibility index (Phi) is 6.15. The van der Waals surface area contributed by atoms with Crippen molar-refractivity contribution in [2.24, 2.45) is 0 Å². The molecule has 1 atom stereocenters. The maximum Gasteiger partial charge on any atom is 0.265 e. The average Bonchev–Trinajstić information content (AvgIpc) is 3.61. The normalized spacial score (nSPS) is 11.9. The number of benzene rings is 2. The summed E-state index contributed by atoms with van der Waals surface area (Å²) in [6, 6.07) is 17.4. The number of hydrogen-bond acceptors (Lipinski definition) is 6. The van der Waals surface area contributed by atoms with Gasteiger partial charge in [-0.25, -0.2) is 9.50 Å². The van der Waals surface area contributed by atoms with Gasteiger partial charge in [0.2, 0.25) is 0 Å². The number of anilines is 1. The third kappa shape index (κ3) is 4.29. The second-order valence-corrected chi connectivity index (χ2v) is 9.30. The first-order valence-corrected chi connectivity index (χ1v) is 12.6. The molecule has 0 fully saturated rings. The van der Waals surface area contributed by atoms with Crippen LogP contribution >= 0.6 is 0 Å². The number of fused-ring (bicyclic) bond motifs is 2. The topological polar surface area (TPSA) is 139 Å². The van der Waals surface area contributed by atoms with Gasteiger partial charge in [-0.15, -0.1) is 0 Å². The van der Waals surface area contributed by atoms with Crippen molar-refractivity contribution < 1.29 is 9.59 Å². The molecule has 0 saturated heterocycles. The molecule has 11 nitrogen and oxygen atoms in total. The molecule has 198 valence electrons. The minimum Gasteiger partial charge on any atom is -0.344 e. The summed E-state index contributed by atoms with van der Waals surface area (Å²) >= 11 is 0. The first-order chi connectivity index (χ1) is 19.4. The summed E-state index contributed by atoms with van der Waals surface area (Å²) in [5.41, 5.74) is 2.91. The van der Waals surface area contributed by atoms with Crippen molar-refractivity contribution in [2.45, 2.75) is 19.9 Å². The molecular weight excluding hydrogens is 508 g/mol. The van der Waals surface area contributed by atoms with Gasteiger partial charge in [0.15, 0.2) is 5.65 Å². The Morgan fingerprint density at radius 2 is 1.85 bits per heavy atom. The van der Waals surface area contributed by atoms with E-state index in [9.17, 15) is 14.4 Å². The lowest BCUT2D eigenvalue weighted by Crippen LogP contribution is -2.32. The zero-order valence-corrected chi connectivity index (χ0v) is 21.6. The van der Waals surface area contributed by atoms with Gasteiger partial charge in [0.25, 0.3) is 17.4 Å². The van der Waals surface area contributed by atoms with Crippen LogP contribution in [-0.2, 0) is 0 Å². The monoisotopic (exact) mass is 532 g/mol. The number of carbonyl (C=O) groups is 2. The molecule has 0 aliphatic rings. The van der Waals surface area contributed by atoms with Crippen molar-refractivity contribution in [2.75, 3.05) is 5.32 Å². The number of carbonyl (C=O) groups excluding carboxylic acids is 2. The molecule has 2 amide bonds. The van der Waals surface area contributed by atoms with Crippen LogP contribution in [0.25, 0.3) is 22.1 Å². The van der Waals surface area contributed by atoms with Gasteiger partial charge in [-0.1, -0.05) is 30.3 Å². The molecule has 4 aromatic heterocycles. The molecule has 0 unspecified atom stereocenters. The number of nitrogens with zero attached hydrogens (tertiary/aromatic N) is 5. The molecule has 0 bridgehead atoms. The van der Waals surface area contributed by atoms with Gasteiger partial charge in [0.1, 0.15) is 5.56 Å². The summed E-state index contributed by atoms with van der Waals surface area (Å²) in [6.07, 6.45) is 6.23. The van der Waals surface area contributed by atoms with Gasteiger partial charge in [-0.05, 0) is 49.6 Å². The number of para-hydroxylation sites is 1. The lowest BCUT2D eigenvalue weighted by molar-refractivity contribution is 0.0938. The number of aromatic amines is 1. The summed E-state index contributed by atoms with van der Waals surface area (Å²) in [5.74, 6) is -0.749. The number of aromatic nitrogens is 6. The molecule has 40 heavy (non-hydrogen) atoms. The number of H-pyrrole nitrogens is 1. The Bertz CT molecular complexity index is 1940. The first-order valence-electron chi connectivity index (χ1n) is 12.6. The summed E-state index contributed by atoms with van der Waals surface area (Å²) < 4.78 is 3.12. The standard InChI is InChI=1S/C29H24N8O3/c1-17(33-28(39)24-18(2)35-36-13-7-12-30-26(24)36)23-14-19-8-6-11-22(34-27(38)20-15-31-32-16-20)25(19)29(40)37(23)21-9-4-3-5-10-21/h3-17H,1-2H3,(H,31,32)(H,33,39)(H,34,38)/t17-/m0/s1. The number of hydrogen-bond donors (Lipinski definition) is 3. The Hall–Kier alpha value is -5.58. The van der Waals surface area contributed by atoms with Crippen molar-refractivity contribution >= 4 is 33.9 Å². The van der Waals surface area contributed by atoms with Gasteiger partial charge in [0.05, 0.1) is 34.6 Å². The number of amides is 2. The highest BCUT2D eigenvalue weighted by atomic mass is 16.2. The van der Waals surface area contributed by atoms with Gasteiger partial charge in [-0.2, -0.15) is 10.2 Å². The zero-order chi connectivity index (χ0) is 27.8. The lowest BCUT2D eigenvalue weighted by atomic mass is 10.1. The van der Waals surface area contributed by atoms with Crippen LogP contribution in [0, 0.1) is 6.92 Å². The van der Waals surface area contributed by atoms with Crippen LogP contribution in [0.1, 0.15) is 45.1 Å². The van der Waals surface area contributed by atoms with Crippen LogP contribution in [-0.4, -0.2) is 41.2 Å². The second kappa shape index (κ2) is 9.95. The largest absolute Gasteiger partial charge is 0.344 e. The Balaban J connectivity index is 1.46. The van der Waals surface area contributed by atoms with Gasteiger partial charge < -0.3 is 10.6 Å². The highest BCUT2D eigenvalue weighted by Gasteiger charge is 2.24. The zero-order valence-electron chi connectivity index (χ0n) is 21.6. The average molecular weight is 533 g/mol. The van der Waals surface area contributed by atoms with Crippen LogP contribution in [0.15, 0.2) is 90.2 Å². The number of nitrogens with one attached hydrogen (secondary N) is 3. The third-order valence-corrected chi connectivity index (χ3v) is 6.69. The Morgan fingerprint density at radius 1 is 1.02 bits per heavy atom. The minimum absolute atomic E-state index is 0.336. The van der Waals surface area contributed by atoms with E-state index in [1.807, 2.05) is 43.3 Å². The molecule has 11 heteroatoms. The van der Waals surface area contributed by atoms with Crippen molar-refractivity contribution in [3.8, 4) is 5.69 Å². The van der Waals surface area contributed by atoms with E-state index in [1.165, 1.54) is 12.4 Å². The van der Waals surface area contributed by atoms with E-state index in [-0.39, 0.29) is 11.5 Å². The van der Waals surface area contributed by atoms with Crippen molar-refractivity contribution in [3.05, 3.63) is 118 Å². The van der Waals surface area contributed by atoms with Crippen molar-refractivity contribution in [3.63, 3.8) is 0 Å². The van der Waals surface area contributed by atoms with Crippen LogP contribution in [0.3, 0.4) is 0 Å². The number of aryl methyl sites for hydroxylation is 1. The molecular formula is C29H24N8O3. The number of pyridine rings is 1. The molecule has 0 aliphatic heterocycles. The van der Waals surface area contributed by atoms with Crippen LogP contribution in [0.2, 0.25) is 0 Å². The molecule has 0 aliphatic carbocycles. The summed E-state index contributed by atoms with van der Waals surface area (Å²) in [4.78, 5) is 44.7. The van der Waals surface area contributed by atoms with E-state index in [0.29, 0.717) is 50.3 Å².